The molecule has 0 aliphatic heterocycles. The largest absolute Gasteiger partial charge is 0.493 e. The fourth-order valence-electron chi connectivity index (χ4n) is 2.00. The number of allylic oxidation sites excluding steroid dienone is 1. The fourth-order valence-corrected chi connectivity index (χ4v) is 2.14. The van der Waals surface area contributed by atoms with E-state index in [1.807, 2.05) is 26.8 Å². The van der Waals surface area contributed by atoms with Crippen molar-refractivity contribution in [3.63, 3.8) is 0 Å². The molecule has 0 bridgehead atoms. The lowest BCUT2D eigenvalue weighted by Gasteiger charge is -2.17. The number of aryl methyl sites for hydroxylation is 1. The molecule has 0 unspecified atom stereocenters. The molecule has 0 amide bonds. The summed E-state index contributed by atoms with van der Waals surface area (Å²) in [5, 5.41) is 9.53. The van der Waals surface area contributed by atoms with E-state index in [-0.39, 0.29) is 0 Å². The molecule has 0 radical (unpaired) electrons. The number of benzene rings is 1. The van der Waals surface area contributed by atoms with Gasteiger partial charge in [0.2, 0.25) is 0 Å². The molecule has 1 aromatic carbocycles. The first kappa shape index (κ1) is 15.6. The summed E-state index contributed by atoms with van der Waals surface area (Å²) in [7, 11) is 0. The van der Waals surface area contributed by atoms with Crippen LogP contribution in [-0.2, 0) is 4.79 Å². The Morgan fingerprint density at radius 1 is 1.47 bits per heavy atom. The van der Waals surface area contributed by atoms with Gasteiger partial charge in [-0.15, -0.1) is 0 Å². The monoisotopic (exact) mass is 282 g/mol. The van der Waals surface area contributed by atoms with Crippen LogP contribution in [0.1, 0.15) is 37.0 Å². The van der Waals surface area contributed by atoms with E-state index in [0.29, 0.717) is 23.0 Å². The highest BCUT2D eigenvalue weighted by Crippen LogP contribution is 2.36. The second-order valence-electron chi connectivity index (χ2n) is 4.52. The van der Waals surface area contributed by atoms with Crippen LogP contribution >= 0.6 is 11.6 Å². The lowest BCUT2D eigenvalue weighted by molar-refractivity contribution is -0.131. The van der Waals surface area contributed by atoms with Gasteiger partial charge in [-0.2, -0.15) is 0 Å². The Morgan fingerprint density at radius 2 is 2.11 bits per heavy atom. The standard InChI is InChI=1S/C15H19ClO3/c1-5-6-19-12-7-10(3)15(16)11(4)14(12)9(2)8-13(17)18/h7-8H,5-6H2,1-4H3,(H,17,18)/b9-8+. The SMILES string of the molecule is CCCOc1cc(C)c(Cl)c(C)c1/C(C)=C/C(=O)O. The number of hydrogen-bond acceptors (Lipinski definition) is 2. The average Bonchev–Trinajstić information content (AvgIpc) is 2.32. The molecule has 0 aliphatic rings. The van der Waals surface area contributed by atoms with Crippen LogP contribution in [-0.4, -0.2) is 17.7 Å². The number of carboxylic acid groups (broad SMARTS) is 1. The van der Waals surface area contributed by atoms with Crippen LogP contribution in [0.5, 0.6) is 5.75 Å². The van der Waals surface area contributed by atoms with E-state index in [1.165, 1.54) is 6.08 Å². The molecule has 0 aromatic heterocycles. The summed E-state index contributed by atoms with van der Waals surface area (Å²) in [5.74, 6) is -0.286. The molecule has 104 valence electrons. The van der Waals surface area contributed by atoms with Crippen LogP contribution in [0.25, 0.3) is 5.57 Å². The van der Waals surface area contributed by atoms with Crippen molar-refractivity contribution in [2.24, 2.45) is 0 Å². The summed E-state index contributed by atoms with van der Waals surface area (Å²) >= 11 is 6.24. The first-order valence-corrected chi connectivity index (χ1v) is 6.60. The third kappa shape index (κ3) is 3.74. The van der Waals surface area contributed by atoms with Crippen LogP contribution < -0.4 is 4.74 Å². The third-order valence-corrected chi connectivity index (χ3v) is 3.42. The van der Waals surface area contributed by atoms with Gasteiger partial charge in [0, 0.05) is 16.7 Å². The molecule has 3 nitrogen and oxygen atoms in total. The second-order valence-corrected chi connectivity index (χ2v) is 4.90. The lowest BCUT2D eigenvalue weighted by Crippen LogP contribution is -2.02. The quantitative estimate of drug-likeness (QED) is 0.822. The van der Waals surface area contributed by atoms with E-state index in [9.17, 15) is 4.79 Å². The second kappa shape index (κ2) is 6.62. The zero-order valence-corrected chi connectivity index (χ0v) is 12.5. The molecule has 0 spiro atoms. The number of hydrogen-bond donors (Lipinski definition) is 1. The van der Waals surface area contributed by atoms with Crippen molar-refractivity contribution in [3.05, 3.63) is 33.9 Å². The van der Waals surface area contributed by atoms with E-state index in [2.05, 4.69) is 0 Å². The number of rotatable bonds is 5. The van der Waals surface area contributed by atoms with Gasteiger partial charge in [-0.1, -0.05) is 18.5 Å². The first-order valence-electron chi connectivity index (χ1n) is 6.22. The predicted octanol–water partition coefficient (Wildman–Crippen LogP) is 4.23. The zero-order valence-electron chi connectivity index (χ0n) is 11.7. The van der Waals surface area contributed by atoms with Crippen molar-refractivity contribution < 1.29 is 14.6 Å². The molecule has 0 saturated heterocycles. The van der Waals surface area contributed by atoms with Crippen molar-refractivity contribution in [1.82, 2.24) is 0 Å². The number of ether oxygens (including phenoxy) is 1. The summed E-state index contributed by atoms with van der Waals surface area (Å²) in [4.78, 5) is 10.8. The van der Waals surface area contributed by atoms with Gasteiger partial charge in [-0.3, -0.25) is 0 Å². The van der Waals surface area contributed by atoms with Gasteiger partial charge in [0.15, 0.2) is 0 Å². The zero-order chi connectivity index (χ0) is 14.6. The number of aliphatic carboxylic acids is 1. The number of halogens is 1. The van der Waals surface area contributed by atoms with E-state index in [0.717, 1.165) is 23.1 Å². The minimum absolute atomic E-state index is 0.591. The molecule has 0 heterocycles. The van der Waals surface area contributed by atoms with Gasteiger partial charge in [0.05, 0.1) is 6.61 Å². The van der Waals surface area contributed by atoms with Gasteiger partial charge in [0.25, 0.3) is 0 Å². The van der Waals surface area contributed by atoms with Crippen LogP contribution in [0.15, 0.2) is 12.1 Å². The Bertz CT molecular complexity index is 519. The predicted molar refractivity (Wildman–Crippen MR) is 78.0 cm³/mol. The molecule has 1 N–H and O–H groups in total. The van der Waals surface area contributed by atoms with Gasteiger partial charge in [-0.25, -0.2) is 4.79 Å². The van der Waals surface area contributed by atoms with Crippen LogP contribution in [0.4, 0.5) is 0 Å². The maximum absolute atomic E-state index is 10.8. The Labute approximate surface area is 118 Å². The maximum Gasteiger partial charge on any atom is 0.328 e. The summed E-state index contributed by atoms with van der Waals surface area (Å²) in [6.07, 6.45) is 2.06. The van der Waals surface area contributed by atoms with Crippen molar-refractivity contribution in [2.45, 2.75) is 34.1 Å². The van der Waals surface area contributed by atoms with Crippen molar-refractivity contribution >= 4 is 23.1 Å². The topological polar surface area (TPSA) is 46.5 Å². The molecule has 0 atom stereocenters. The minimum Gasteiger partial charge on any atom is -0.493 e. The van der Waals surface area contributed by atoms with Crippen molar-refractivity contribution in [1.29, 1.82) is 0 Å². The van der Waals surface area contributed by atoms with E-state index < -0.39 is 5.97 Å². The van der Waals surface area contributed by atoms with Gasteiger partial charge < -0.3 is 9.84 Å². The normalized spacial score (nSPS) is 11.5. The van der Waals surface area contributed by atoms with E-state index >= 15 is 0 Å². The van der Waals surface area contributed by atoms with Crippen LogP contribution in [0.3, 0.4) is 0 Å². The van der Waals surface area contributed by atoms with Crippen molar-refractivity contribution in [3.8, 4) is 5.75 Å². The highest BCUT2D eigenvalue weighted by atomic mass is 35.5. The molecule has 4 heteroatoms. The van der Waals surface area contributed by atoms with E-state index in [1.54, 1.807) is 6.92 Å². The number of carboxylic acids is 1. The van der Waals surface area contributed by atoms with Gasteiger partial charge in [-0.05, 0) is 50.0 Å². The summed E-state index contributed by atoms with van der Waals surface area (Å²) in [6.45, 7) is 8.15. The molecular formula is C15H19ClO3. The lowest BCUT2D eigenvalue weighted by atomic mass is 9.98. The summed E-state index contributed by atoms with van der Waals surface area (Å²) in [5.41, 5.74) is 3.18. The highest BCUT2D eigenvalue weighted by Gasteiger charge is 2.15. The Morgan fingerprint density at radius 3 is 2.63 bits per heavy atom. The fraction of sp³-hybridized carbons (Fsp3) is 0.400. The highest BCUT2D eigenvalue weighted by molar-refractivity contribution is 6.32. The molecular weight excluding hydrogens is 264 g/mol. The van der Waals surface area contributed by atoms with Crippen LogP contribution in [0, 0.1) is 13.8 Å². The molecule has 0 fully saturated rings. The van der Waals surface area contributed by atoms with E-state index in [4.69, 9.17) is 21.4 Å². The first-order chi connectivity index (χ1) is 8.88. The van der Waals surface area contributed by atoms with Gasteiger partial charge >= 0.3 is 5.97 Å². The minimum atomic E-state index is -0.977. The van der Waals surface area contributed by atoms with Crippen LogP contribution in [0.2, 0.25) is 5.02 Å². The smallest absolute Gasteiger partial charge is 0.328 e. The van der Waals surface area contributed by atoms with Gasteiger partial charge in [0.1, 0.15) is 5.75 Å². The molecule has 0 aliphatic carbocycles. The third-order valence-electron chi connectivity index (χ3n) is 2.84. The maximum atomic E-state index is 10.8. The molecule has 1 aromatic rings. The average molecular weight is 283 g/mol. The van der Waals surface area contributed by atoms with Crippen molar-refractivity contribution in [2.75, 3.05) is 6.61 Å². The summed E-state index contributed by atoms with van der Waals surface area (Å²) in [6, 6.07) is 1.86. The Kier molecular flexibility index (Phi) is 5.43. The Hall–Kier alpha value is -1.48. The summed E-state index contributed by atoms with van der Waals surface area (Å²) < 4.78 is 5.71. The molecule has 19 heavy (non-hydrogen) atoms. The Balaban J connectivity index is 3.41. The molecule has 0 saturated carbocycles. The molecule has 1 rings (SSSR count). The number of carbonyl (C=O) groups is 1.